The van der Waals surface area contributed by atoms with E-state index >= 15 is 0 Å². The lowest BCUT2D eigenvalue weighted by Crippen LogP contribution is -2.05. The van der Waals surface area contributed by atoms with Gasteiger partial charge in [-0.3, -0.25) is 9.59 Å². The van der Waals surface area contributed by atoms with Gasteiger partial charge in [0, 0.05) is 24.4 Å². The minimum absolute atomic E-state index is 0.301. The van der Waals surface area contributed by atoms with Crippen LogP contribution in [0.4, 0.5) is 0 Å². The van der Waals surface area contributed by atoms with Gasteiger partial charge in [-0.15, -0.1) is 0 Å². The van der Waals surface area contributed by atoms with Crippen LogP contribution in [0.1, 0.15) is 115 Å². The molecule has 3 rings (SSSR count). The van der Waals surface area contributed by atoms with Gasteiger partial charge in [0.05, 0.1) is 11.6 Å². The number of carbonyl (C=O) groups is 2. The van der Waals surface area contributed by atoms with Crippen molar-refractivity contribution in [2.45, 2.75) is 92.4 Å². The van der Waals surface area contributed by atoms with E-state index in [-0.39, 0.29) is 0 Å². The van der Waals surface area contributed by atoms with E-state index in [9.17, 15) is 9.59 Å². The fourth-order valence-corrected chi connectivity index (χ4v) is 3.98. The minimum atomic E-state index is -0.398. The number of nitrogens with zero attached hydrogens (tertiary/aromatic N) is 1. The molecule has 0 spiro atoms. The second-order valence-electron chi connectivity index (χ2n) is 10.1. The first kappa shape index (κ1) is 35.6. The average molecular weight is 623 g/mol. The molecule has 0 aromatic heterocycles. The van der Waals surface area contributed by atoms with Crippen LogP contribution in [0.15, 0.2) is 71.2 Å². The lowest BCUT2D eigenvalue weighted by molar-refractivity contribution is -0.132. The molecule has 0 fully saturated rings. The molecule has 5 nitrogen and oxygen atoms in total. The molecule has 3 aromatic carbocycles. The summed E-state index contributed by atoms with van der Waals surface area (Å²) in [6.07, 6.45) is 3.30. The number of rotatable bonds is 8. The van der Waals surface area contributed by atoms with Crippen LogP contribution in [0.3, 0.4) is 0 Å². The Labute approximate surface area is 255 Å². The zero-order valence-electron chi connectivity index (χ0n) is 25.7. The number of halogens is 1. The lowest BCUT2D eigenvalue weighted by Gasteiger charge is -2.13. The minimum Gasteiger partial charge on any atom is -0.427 e. The highest BCUT2D eigenvalue weighted by molar-refractivity contribution is 9.10. The smallest absolute Gasteiger partial charge is 0.308 e. The Morgan fingerprint density at radius 3 is 1.39 bits per heavy atom. The van der Waals surface area contributed by atoms with Crippen molar-refractivity contribution >= 4 is 27.9 Å². The van der Waals surface area contributed by atoms with Gasteiger partial charge < -0.3 is 9.47 Å². The summed E-state index contributed by atoms with van der Waals surface area (Å²) in [5, 5.41) is 8.57. The highest BCUT2D eigenvalue weighted by Gasteiger charge is 2.11. The molecule has 0 saturated heterocycles. The number of benzene rings is 3. The fourth-order valence-electron chi connectivity index (χ4n) is 3.71. The molecule has 0 saturated carbocycles. The number of nitriles is 1. The summed E-state index contributed by atoms with van der Waals surface area (Å²) >= 11 is 3.42. The van der Waals surface area contributed by atoms with Crippen molar-refractivity contribution in [1.29, 1.82) is 5.26 Å². The van der Waals surface area contributed by atoms with Gasteiger partial charge in [0.2, 0.25) is 0 Å². The van der Waals surface area contributed by atoms with E-state index in [0.29, 0.717) is 29.3 Å². The van der Waals surface area contributed by atoms with E-state index in [0.717, 1.165) is 28.4 Å². The quantitative estimate of drug-likeness (QED) is 0.185. The standard InChI is InChI=1S/C14H18O4.C11H13N.C10H13Br/c1-5-9(2)12-6-13(17-10(3)15)8-14(7-12)18-11(4)16;1-3-9(2)11-6-4-10(8-12)5-7-11;1-3-8(2)9-4-6-10(11)7-5-9/h6-9H,5H2,1-4H3;4-7,9H,3H2,1-2H3;4-8H,3H2,1-2H3. The van der Waals surface area contributed by atoms with E-state index in [4.69, 9.17) is 14.7 Å². The van der Waals surface area contributed by atoms with Gasteiger partial charge >= 0.3 is 11.9 Å². The first-order valence-electron chi connectivity index (χ1n) is 14.2. The SMILES string of the molecule is CCC(C)c1cc(OC(C)=O)cc(OC(C)=O)c1.CCC(C)c1ccc(Br)cc1.CCC(C)c1ccc(C#N)cc1. The Bertz CT molecular complexity index is 1230. The maximum absolute atomic E-state index is 11.0. The van der Waals surface area contributed by atoms with Crippen LogP contribution in [-0.2, 0) is 9.59 Å². The van der Waals surface area contributed by atoms with Crippen LogP contribution in [0.25, 0.3) is 0 Å². The van der Waals surface area contributed by atoms with Crippen molar-refractivity contribution in [2.24, 2.45) is 0 Å². The third-order valence-electron chi connectivity index (χ3n) is 6.88. The summed E-state index contributed by atoms with van der Waals surface area (Å²) in [7, 11) is 0. The Kier molecular flexibility index (Phi) is 16.3. The maximum Gasteiger partial charge on any atom is 0.308 e. The van der Waals surface area contributed by atoms with Crippen LogP contribution in [0.2, 0.25) is 0 Å². The van der Waals surface area contributed by atoms with E-state index in [1.54, 1.807) is 12.1 Å². The Hall–Kier alpha value is -3.43. The number of ether oxygens (including phenoxy) is 2. The number of hydrogen-bond acceptors (Lipinski definition) is 5. The number of carbonyl (C=O) groups excluding carboxylic acids is 2. The maximum atomic E-state index is 11.0. The second kappa shape index (κ2) is 18.8. The molecule has 0 aliphatic rings. The largest absolute Gasteiger partial charge is 0.427 e. The zero-order chi connectivity index (χ0) is 30.9. The lowest BCUT2D eigenvalue weighted by atomic mass is 9.98. The summed E-state index contributed by atoms with van der Waals surface area (Å²) in [5.74, 6) is 1.58. The van der Waals surface area contributed by atoms with Crippen LogP contribution >= 0.6 is 15.9 Å². The Balaban J connectivity index is 0.000000320. The van der Waals surface area contributed by atoms with Crippen molar-refractivity contribution < 1.29 is 19.1 Å². The van der Waals surface area contributed by atoms with Gasteiger partial charge in [-0.2, -0.15) is 5.26 Å². The van der Waals surface area contributed by atoms with Gasteiger partial charge in [0.1, 0.15) is 11.5 Å². The average Bonchev–Trinajstić information content (AvgIpc) is 2.96. The highest BCUT2D eigenvalue weighted by atomic mass is 79.9. The molecule has 3 aromatic rings. The van der Waals surface area contributed by atoms with Gasteiger partial charge in [-0.05, 0) is 90.1 Å². The third kappa shape index (κ3) is 13.7. The Morgan fingerprint density at radius 2 is 1.05 bits per heavy atom. The molecule has 0 aliphatic heterocycles. The number of hydrogen-bond donors (Lipinski definition) is 0. The summed E-state index contributed by atoms with van der Waals surface area (Å²) in [5.41, 5.74) is 4.46. The monoisotopic (exact) mass is 621 g/mol. The molecular formula is C35H44BrNO4. The summed E-state index contributed by atoms with van der Waals surface area (Å²) in [4.78, 5) is 21.9. The molecule has 6 heteroatoms. The van der Waals surface area contributed by atoms with Crippen molar-refractivity contribution in [1.82, 2.24) is 0 Å². The van der Waals surface area contributed by atoms with Crippen LogP contribution in [0, 0.1) is 11.3 Å². The molecular weight excluding hydrogens is 578 g/mol. The molecule has 0 amide bonds. The van der Waals surface area contributed by atoms with Crippen LogP contribution in [0.5, 0.6) is 11.5 Å². The van der Waals surface area contributed by atoms with Gasteiger partial charge in [0.15, 0.2) is 0 Å². The van der Waals surface area contributed by atoms with Crippen LogP contribution < -0.4 is 9.47 Å². The summed E-state index contributed by atoms with van der Waals surface area (Å²) in [6, 6.07) is 23.6. The molecule has 220 valence electrons. The van der Waals surface area contributed by atoms with Crippen molar-refractivity contribution in [3.8, 4) is 17.6 Å². The van der Waals surface area contributed by atoms with Gasteiger partial charge in [-0.1, -0.05) is 81.7 Å². The Morgan fingerprint density at radius 1 is 0.683 bits per heavy atom. The van der Waals surface area contributed by atoms with Crippen molar-refractivity contribution in [2.75, 3.05) is 0 Å². The van der Waals surface area contributed by atoms with E-state index in [1.807, 2.05) is 24.3 Å². The first-order valence-corrected chi connectivity index (χ1v) is 15.0. The summed E-state index contributed by atoms with van der Waals surface area (Å²) in [6.45, 7) is 15.6. The third-order valence-corrected chi connectivity index (χ3v) is 7.41. The molecule has 0 bridgehead atoms. The van der Waals surface area contributed by atoms with E-state index < -0.39 is 11.9 Å². The van der Waals surface area contributed by atoms with Crippen LogP contribution in [-0.4, -0.2) is 11.9 Å². The predicted octanol–water partition coefficient (Wildman–Crippen LogP) is 10.1. The first-order chi connectivity index (χ1) is 19.4. The predicted molar refractivity (Wildman–Crippen MR) is 170 cm³/mol. The highest BCUT2D eigenvalue weighted by Crippen LogP contribution is 2.29. The van der Waals surface area contributed by atoms with Gasteiger partial charge in [-0.25, -0.2) is 0 Å². The molecule has 0 heterocycles. The molecule has 3 unspecified atom stereocenters. The topological polar surface area (TPSA) is 76.4 Å². The molecule has 0 radical (unpaired) electrons. The zero-order valence-corrected chi connectivity index (χ0v) is 27.2. The number of esters is 2. The van der Waals surface area contributed by atoms with Crippen molar-refractivity contribution in [3.63, 3.8) is 0 Å². The summed E-state index contributed by atoms with van der Waals surface area (Å²) < 4.78 is 11.2. The van der Waals surface area contributed by atoms with E-state index in [2.05, 4.69) is 87.8 Å². The molecule has 0 N–H and O–H groups in total. The van der Waals surface area contributed by atoms with E-state index in [1.165, 1.54) is 37.5 Å². The molecule has 3 atom stereocenters. The molecule has 0 aliphatic carbocycles. The molecule has 41 heavy (non-hydrogen) atoms. The fraction of sp³-hybridized carbons (Fsp3) is 0.400. The normalized spacial score (nSPS) is 12.2. The van der Waals surface area contributed by atoms with Gasteiger partial charge in [0.25, 0.3) is 0 Å². The van der Waals surface area contributed by atoms with Crippen molar-refractivity contribution in [3.05, 3.63) is 93.5 Å². The second-order valence-corrected chi connectivity index (χ2v) is 11.1.